The summed E-state index contributed by atoms with van der Waals surface area (Å²) in [5.74, 6) is -0.516. The number of benzene rings is 2. The first-order valence-corrected chi connectivity index (χ1v) is 18.6. The molecule has 0 saturated heterocycles. The van der Waals surface area contributed by atoms with Gasteiger partial charge in [0.2, 0.25) is 11.7 Å². The lowest BCUT2D eigenvalue weighted by molar-refractivity contribution is -0.0651. The van der Waals surface area contributed by atoms with Crippen molar-refractivity contribution in [1.82, 2.24) is 20.0 Å². The molecular formula is C37H51N5O7S. The zero-order chi connectivity index (χ0) is 37.0. The van der Waals surface area contributed by atoms with E-state index in [-0.39, 0.29) is 53.2 Å². The standard InChI is InChI=1S/C37H51N5O7S/c1-11-12-19-41(36(44)49-37(8,9)10)42-28(20-23(2)3)22-47-33-32(48-24(4)5)31(30-25(6)15-13-16-26(30)7)38-35(39-33)40-50(45,46)29-18-14-17-27(21-29)34(42)43/h13-18,21,23-24,28H,11-12,19-20,22H2,1-10H3,(H,38,39,40)/t28-/m1/s1. The zero-order valence-electron chi connectivity index (χ0n) is 30.9. The van der Waals surface area contributed by atoms with Crippen molar-refractivity contribution < 1.29 is 32.2 Å². The Balaban J connectivity index is 2.04. The number of hydrogen-bond acceptors (Lipinski definition) is 9. The number of unbranched alkanes of at least 4 members (excludes halogenated alkanes) is 1. The minimum atomic E-state index is -4.31. The molecule has 12 nitrogen and oxygen atoms in total. The lowest BCUT2D eigenvalue weighted by Crippen LogP contribution is -2.57. The van der Waals surface area contributed by atoms with Crippen LogP contribution < -0.4 is 14.2 Å². The Morgan fingerprint density at radius 1 is 1.08 bits per heavy atom. The van der Waals surface area contributed by atoms with E-state index in [1.807, 2.05) is 66.7 Å². The summed E-state index contributed by atoms with van der Waals surface area (Å²) in [6.45, 7) is 19.0. The van der Waals surface area contributed by atoms with Gasteiger partial charge in [0.25, 0.3) is 21.8 Å². The highest BCUT2D eigenvalue weighted by atomic mass is 32.2. The minimum Gasteiger partial charge on any atom is -0.484 e. The van der Waals surface area contributed by atoms with Crippen molar-refractivity contribution in [2.75, 3.05) is 17.9 Å². The van der Waals surface area contributed by atoms with E-state index in [0.29, 0.717) is 18.5 Å². The molecule has 2 aromatic carbocycles. The van der Waals surface area contributed by atoms with Gasteiger partial charge in [-0.1, -0.05) is 51.5 Å². The second-order valence-electron chi connectivity index (χ2n) is 14.3. The number of carbonyl (C=O) groups is 2. The van der Waals surface area contributed by atoms with Crippen LogP contribution in [-0.2, 0) is 14.8 Å². The van der Waals surface area contributed by atoms with Crippen molar-refractivity contribution in [3.8, 4) is 22.9 Å². The van der Waals surface area contributed by atoms with Gasteiger partial charge in [0.1, 0.15) is 17.9 Å². The number of aromatic nitrogens is 2. The number of hydrazine groups is 1. The molecule has 2 amide bonds. The zero-order valence-corrected chi connectivity index (χ0v) is 31.7. The molecule has 1 aliphatic heterocycles. The van der Waals surface area contributed by atoms with Gasteiger partial charge in [-0.15, -0.1) is 0 Å². The number of carbonyl (C=O) groups excluding carboxylic acids is 2. The lowest BCUT2D eigenvalue weighted by Gasteiger charge is -2.41. The van der Waals surface area contributed by atoms with Gasteiger partial charge < -0.3 is 14.2 Å². The van der Waals surface area contributed by atoms with Crippen LogP contribution in [0, 0.1) is 19.8 Å². The first kappa shape index (κ1) is 38.4. The fourth-order valence-electron chi connectivity index (χ4n) is 5.72. The molecule has 2 heterocycles. The van der Waals surface area contributed by atoms with Crippen LogP contribution in [0.3, 0.4) is 0 Å². The van der Waals surface area contributed by atoms with Gasteiger partial charge in [-0.05, 0) is 96.6 Å². The molecular weight excluding hydrogens is 659 g/mol. The third kappa shape index (κ3) is 9.23. The number of fused-ring (bicyclic) bond motifs is 4. The maximum Gasteiger partial charge on any atom is 0.429 e. The van der Waals surface area contributed by atoms with Crippen LogP contribution in [0.25, 0.3) is 11.3 Å². The van der Waals surface area contributed by atoms with Gasteiger partial charge in [-0.3, -0.25) is 4.79 Å². The molecule has 1 N–H and O–H groups in total. The molecule has 4 rings (SSSR count). The molecule has 1 aliphatic rings. The quantitative estimate of drug-likeness (QED) is 0.238. The third-order valence-electron chi connectivity index (χ3n) is 7.82. The van der Waals surface area contributed by atoms with Crippen molar-refractivity contribution in [2.24, 2.45) is 5.92 Å². The van der Waals surface area contributed by atoms with Gasteiger partial charge in [-0.2, -0.15) is 4.98 Å². The number of aryl methyl sites for hydroxylation is 2. The third-order valence-corrected chi connectivity index (χ3v) is 9.15. The topological polar surface area (TPSA) is 140 Å². The van der Waals surface area contributed by atoms with Gasteiger partial charge >= 0.3 is 6.09 Å². The van der Waals surface area contributed by atoms with E-state index >= 15 is 0 Å². The Kier molecular flexibility index (Phi) is 12.0. The highest BCUT2D eigenvalue weighted by Gasteiger charge is 2.38. The Labute approximate surface area is 296 Å². The summed E-state index contributed by atoms with van der Waals surface area (Å²) >= 11 is 0. The predicted octanol–water partition coefficient (Wildman–Crippen LogP) is 7.55. The largest absolute Gasteiger partial charge is 0.484 e. The first-order chi connectivity index (χ1) is 23.4. The van der Waals surface area contributed by atoms with Crippen molar-refractivity contribution in [1.29, 1.82) is 0 Å². The van der Waals surface area contributed by atoms with Crippen LogP contribution in [-0.4, -0.2) is 71.3 Å². The summed E-state index contributed by atoms with van der Waals surface area (Å²) in [4.78, 5) is 37.6. The predicted molar refractivity (Wildman–Crippen MR) is 193 cm³/mol. The highest BCUT2D eigenvalue weighted by molar-refractivity contribution is 7.92. The van der Waals surface area contributed by atoms with Crippen LogP contribution >= 0.6 is 0 Å². The Hall–Kier alpha value is -4.39. The normalized spacial score (nSPS) is 16.1. The van der Waals surface area contributed by atoms with Crippen LogP contribution in [0.15, 0.2) is 47.4 Å². The highest BCUT2D eigenvalue weighted by Crippen LogP contribution is 2.41. The SMILES string of the molecule is CCCCN(C(=O)OC(C)(C)C)N1C(=O)c2cccc(c2)S(=O)(=O)Nc2nc(c(OC(C)C)c(-c3c(C)cccc3C)n2)OC[C@H]1CC(C)C. The van der Waals surface area contributed by atoms with Crippen LogP contribution in [0.2, 0.25) is 0 Å². The van der Waals surface area contributed by atoms with E-state index < -0.39 is 33.7 Å². The van der Waals surface area contributed by atoms with Crippen molar-refractivity contribution >= 4 is 28.0 Å². The second kappa shape index (κ2) is 15.7. The molecule has 0 spiro atoms. The number of nitrogens with one attached hydrogen (secondary N) is 1. The summed E-state index contributed by atoms with van der Waals surface area (Å²) in [5.41, 5.74) is 2.10. The lowest BCUT2D eigenvalue weighted by atomic mass is 9.99. The van der Waals surface area contributed by atoms with E-state index in [2.05, 4.69) is 9.71 Å². The Bertz CT molecular complexity index is 1780. The fraction of sp³-hybridized carbons (Fsp3) is 0.514. The number of nitrogens with zero attached hydrogens (tertiary/aromatic N) is 4. The summed E-state index contributed by atoms with van der Waals surface area (Å²) in [7, 11) is -4.31. The number of anilines is 1. The van der Waals surface area contributed by atoms with Crippen LogP contribution in [0.1, 0.15) is 96.1 Å². The van der Waals surface area contributed by atoms with Crippen molar-refractivity contribution in [2.45, 2.75) is 111 Å². The summed E-state index contributed by atoms with van der Waals surface area (Å²) in [5, 5.41) is 2.70. The monoisotopic (exact) mass is 709 g/mol. The molecule has 4 bridgehead atoms. The van der Waals surface area contributed by atoms with E-state index in [0.717, 1.165) is 23.1 Å². The molecule has 1 aromatic heterocycles. The molecule has 0 aliphatic carbocycles. The maximum atomic E-state index is 14.7. The van der Waals surface area contributed by atoms with E-state index in [4.69, 9.17) is 19.2 Å². The number of ether oxygens (including phenoxy) is 3. The van der Waals surface area contributed by atoms with E-state index in [1.54, 1.807) is 20.8 Å². The summed E-state index contributed by atoms with van der Waals surface area (Å²) in [6, 6.07) is 10.8. The molecule has 0 fully saturated rings. The van der Waals surface area contributed by atoms with Gasteiger partial charge in [-0.25, -0.2) is 32.9 Å². The van der Waals surface area contributed by atoms with Crippen molar-refractivity contribution in [3.05, 3.63) is 59.2 Å². The number of rotatable bonds is 9. The maximum absolute atomic E-state index is 14.7. The van der Waals surface area contributed by atoms with Gasteiger partial charge in [0.05, 0.1) is 17.0 Å². The van der Waals surface area contributed by atoms with Gasteiger partial charge in [0.15, 0.2) is 0 Å². The molecule has 0 saturated carbocycles. The molecule has 3 aromatic rings. The van der Waals surface area contributed by atoms with Gasteiger partial charge in [0, 0.05) is 17.7 Å². The molecule has 0 unspecified atom stereocenters. The summed E-state index contributed by atoms with van der Waals surface area (Å²) < 4.78 is 48.9. The van der Waals surface area contributed by atoms with E-state index in [9.17, 15) is 18.0 Å². The Morgan fingerprint density at radius 2 is 1.74 bits per heavy atom. The summed E-state index contributed by atoms with van der Waals surface area (Å²) in [6.07, 6.45) is 0.726. The first-order valence-electron chi connectivity index (χ1n) is 17.2. The van der Waals surface area contributed by atoms with Crippen molar-refractivity contribution in [3.63, 3.8) is 0 Å². The van der Waals surface area contributed by atoms with Crippen LogP contribution in [0.5, 0.6) is 11.6 Å². The number of amides is 2. The van der Waals surface area contributed by atoms with Crippen LogP contribution in [0.4, 0.5) is 10.7 Å². The average molecular weight is 710 g/mol. The van der Waals surface area contributed by atoms with E-state index in [1.165, 1.54) is 34.3 Å². The molecule has 13 heteroatoms. The Morgan fingerprint density at radius 3 is 2.34 bits per heavy atom. The smallest absolute Gasteiger partial charge is 0.429 e. The fourth-order valence-corrected chi connectivity index (χ4v) is 6.71. The molecule has 0 radical (unpaired) electrons. The molecule has 1 atom stereocenters. The average Bonchev–Trinajstić information content (AvgIpc) is 3.00. The minimum absolute atomic E-state index is 0.00598. The molecule has 50 heavy (non-hydrogen) atoms. The number of hydrogen-bond donors (Lipinski definition) is 1. The molecule has 272 valence electrons. The number of sulfonamides is 1. The second-order valence-corrected chi connectivity index (χ2v) is 16.0.